The second-order valence-corrected chi connectivity index (χ2v) is 6.11. The van der Waals surface area contributed by atoms with Crippen molar-refractivity contribution < 1.29 is 14.3 Å². The Balaban J connectivity index is 2.09. The third-order valence-corrected chi connectivity index (χ3v) is 3.15. The van der Waals surface area contributed by atoms with Crippen LogP contribution in [-0.2, 0) is 10.3 Å². The van der Waals surface area contributed by atoms with E-state index in [0.29, 0.717) is 11.6 Å². The SMILES string of the molecule is CCOC(=O)NNC(=O)c1cc(C2CC2)n(C(C)(C)C)n1. The van der Waals surface area contributed by atoms with Crippen molar-refractivity contribution in [2.45, 2.75) is 52.0 Å². The normalized spacial score (nSPS) is 14.7. The van der Waals surface area contributed by atoms with Gasteiger partial charge in [0.15, 0.2) is 5.69 Å². The van der Waals surface area contributed by atoms with E-state index in [-0.39, 0.29) is 12.1 Å². The minimum absolute atomic E-state index is 0.189. The van der Waals surface area contributed by atoms with E-state index in [4.69, 9.17) is 0 Å². The van der Waals surface area contributed by atoms with Crippen LogP contribution in [-0.4, -0.2) is 28.4 Å². The van der Waals surface area contributed by atoms with Crippen LogP contribution in [0.2, 0.25) is 0 Å². The molecule has 0 atom stereocenters. The highest BCUT2D eigenvalue weighted by molar-refractivity contribution is 5.93. The molecule has 1 aromatic rings. The summed E-state index contributed by atoms with van der Waals surface area (Å²) in [6.07, 6.45) is 1.57. The van der Waals surface area contributed by atoms with Crippen LogP contribution in [0.25, 0.3) is 0 Å². The summed E-state index contributed by atoms with van der Waals surface area (Å²) in [5, 5.41) is 4.38. The molecule has 2 amide bonds. The minimum Gasteiger partial charge on any atom is -0.449 e. The summed E-state index contributed by atoms with van der Waals surface area (Å²) in [7, 11) is 0. The predicted molar refractivity (Wildman–Crippen MR) is 76.8 cm³/mol. The summed E-state index contributed by atoms with van der Waals surface area (Å²) in [6, 6.07) is 1.80. The molecule has 1 aromatic heterocycles. The number of rotatable bonds is 3. The van der Waals surface area contributed by atoms with Gasteiger partial charge in [0.25, 0.3) is 5.91 Å². The molecule has 1 saturated carbocycles. The first kappa shape index (κ1) is 15.3. The van der Waals surface area contributed by atoms with Crippen LogP contribution >= 0.6 is 0 Å². The topological polar surface area (TPSA) is 85.3 Å². The molecule has 116 valence electrons. The lowest BCUT2D eigenvalue weighted by molar-refractivity contribution is 0.0906. The van der Waals surface area contributed by atoms with Crippen LogP contribution in [0.1, 0.15) is 62.6 Å². The molecule has 0 radical (unpaired) electrons. The van der Waals surface area contributed by atoms with Gasteiger partial charge < -0.3 is 4.74 Å². The summed E-state index contributed by atoms with van der Waals surface area (Å²) < 4.78 is 6.56. The Morgan fingerprint density at radius 2 is 2.05 bits per heavy atom. The second kappa shape index (κ2) is 5.75. The van der Waals surface area contributed by atoms with Gasteiger partial charge in [0.2, 0.25) is 0 Å². The number of amides is 2. The molecule has 7 heteroatoms. The first-order valence-electron chi connectivity index (χ1n) is 7.16. The molecule has 1 fully saturated rings. The lowest BCUT2D eigenvalue weighted by atomic mass is 10.1. The highest BCUT2D eigenvalue weighted by Gasteiger charge is 2.32. The Labute approximate surface area is 124 Å². The van der Waals surface area contributed by atoms with Crippen LogP contribution in [0.15, 0.2) is 6.07 Å². The maximum atomic E-state index is 12.0. The van der Waals surface area contributed by atoms with Crippen LogP contribution < -0.4 is 10.9 Å². The smallest absolute Gasteiger partial charge is 0.426 e. The van der Waals surface area contributed by atoms with Crippen molar-refractivity contribution in [2.24, 2.45) is 0 Å². The molecule has 2 N–H and O–H groups in total. The average Bonchev–Trinajstić information content (AvgIpc) is 3.13. The van der Waals surface area contributed by atoms with Crippen molar-refractivity contribution in [3.8, 4) is 0 Å². The Morgan fingerprint density at radius 3 is 2.57 bits per heavy atom. The molecule has 2 rings (SSSR count). The highest BCUT2D eigenvalue weighted by Crippen LogP contribution is 2.41. The molecule has 0 aliphatic heterocycles. The number of carbonyl (C=O) groups is 2. The number of hydrogen-bond acceptors (Lipinski definition) is 4. The molecule has 0 bridgehead atoms. The second-order valence-electron chi connectivity index (χ2n) is 6.11. The Morgan fingerprint density at radius 1 is 1.38 bits per heavy atom. The first-order chi connectivity index (χ1) is 9.82. The summed E-state index contributed by atoms with van der Waals surface area (Å²) in [4.78, 5) is 23.2. The minimum atomic E-state index is -0.691. The van der Waals surface area contributed by atoms with E-state index in [9.17, 15) is 9.59 Å². The molecule has 7 nitrogen and oxygen atoms in total. The van der Waals surface area contributed by atoms with Crippen molar-refractivity contribution in [1.29, 1.82) is 0 Å². The molecular formula is C14H22N4O3. The number of nitrogens with zero attached hydrogens (tertiary/aromatic N) is 2. The number of hydrazine groups is 1. The van der Waals surface area contributed by atoms with Gasteiger partial charge in [-0.05, 0) is 46.6 Å². The van der Waals surface area contributed by atoms with E-state index >= 15 is 0 Å². The van der Waals surface area contributed by atoms with E-state index < -0.39 is 12.0 Å². The molecule has 21 heavy (non-hydrogen) atoms. The van der Waals surface area contributed by atoms with Gasteiger partial charge in [0.05, 0.1) is 12.1 Å². The zero-order chi connectivity index (χ0) is 15.6. The Kier molecular flexibility index (Phi) is 4.20. The van der Waals surface area contributed by atoms with Gasteiger partial charge in [-0.3, -0.25) is 14.9 Å². The van der Waals surface area contributed by atoms with E-state index in [2.05, 4.69) is 20.7 Å². The van der Waals surface area contributed by atoms with Gasteiger partial charge >= 0.3 is 6.09 Å². The van der Waals surface area contributed by atoms with Crippen molar-refractivity contribution >= 4 is 12.0 Å². The van der Waals surface area contributed by atoms with Crippen molar-refractivity contribution in [3.63, 3.8) is 0 Å². The lowest BCUT2D eigenvalue weighted by Crippen LogP contribution is -2.42. The fourth-order valence-electron chi connectivity index (χ4n) is 2.05. The average molecular weight is 294 g/mol. The van der Waals surface area contributed by atoms with Gasteiger partial charge in [0, 0.05) is 11.6 Å². The molecule has 1 aliphatic carbocycles. The van der Waals surface area contributed by atoms with E-state index in [1.165, 1.54) is 0 Å². The molecule has 1 aliphatic rings. The van der Waals surface area contributed by atoms with Crippen LogP contribution in [0.4, 0.5) is 4.79 Å². The van der Waals surface area contributed by atoms with Crippen molar-refractivity contribution in [2.75, 3.05) is 6.61 Å². The van der Waals surface area contributed by atoms with E-state index in [1.54, 1.807) is 13.0 Å². The van der Waals surface area contributed by atoms with E-state index in [1.807, 2.05) is 25.5 Å². The van der Waals surface area contributed by atoms with Crippen LogP contribution in [0.5, 0.6) is 0 Å². The Hall–Kier alpha value is -2.05. The van der Waals surface area contributed by atoms with Gasteiger partial charge in [-0.1, -0.05) is 0 Å². The molecule has 0 aromatic carbocycles. The van der Waals surface area contributed by atoms with E-state index in [0.717, 1.165) is 18.5 Å². The highest BCUT2D eigenvalue weighted by atomic mass is 16.5. The largest absolute Gasteiger partial charge is 0.449 e. The fraction of sp³-hybridized carbons (Fsp3) is 0.643. The molecular weight excluding hydrogens is 272 g/mol. The Bertz CT molecular complexity index is 541. The molecule has 0 unspecified atom stereocenters. The molecule has 1 heterocycles. The predicted octanol–water partition coefficient (Wildman–Crippen LogP) is 1.91. The zero-order valence-corrected chi connectivity index (χ0v) is 12.9. The van der Waals surface area contributed by atoms with Crippen LogP contribution in [0.3, 0.4) is 0 Å². The van der Waals surface area contributed by atoms with Crippen molar-refractivity contribution in [1.82, 2.24) is 20.6 Å². The third kappa shape index (κ3) is 3.74. The zero-order valence-electron chi connectivity index (χ0n) is 12.9. The quantitative estimate of drug-likeness (QED) is 0.834. The van der Waals surface area contributed by atoms with Gasteiger partial charge in [0.1, 0.15) is 0 Å². The van der Waals surface area contributed by atoms with Gasteiger partial charge in [-0.25, -0.2) is 10.2 Å². The first-order valence-corrected chi connectivity index (χ1v) is 7.16. The standard InChI is InChI=1S/C14H22N4O3/c1-5-21-13(20)16-15-12(19)10-8-11(9-6-7-9)18(17-10)14(2,3)4/h8-9H,5-7H2,1-4H3,(H,15,19)(H,16,20). The lowest BCUT2D eigenvalue weighted by Gasteiger charge is -2.22. The number of ether oxygens (including phenoxy) is 1. The summed E-state index contributed by atoms with van der Waals surface area (Å²) in [6.45, 7) is 8.07. The summed E-state index contributed by atoms with van der Waals surface area (Å²) >= 11 is 0. The molecule has 0 saturated heterocycles. The molecule has 0 spiro atoms. The van der Waals surface area contributed by atoms with Gasteiger partial charge in [-0.2, -0.15) is 5.10 Å². The van der Waals surface area contributed by atoms with Crippen molar-refractivity contribution in [3.05, 3.63) is 17.5 Å². The number of carbonyl (C=O) groups excluding carboxylic acids is 2. The van der Waals surface area contributed by atoms with Crippen LogP contribution in [0, 0.1) is 0 Å². The number of hydrogen-bond donors (Lipinski definition) is 2. The maximum absolute atomic E-state index is 12.0. The maximum Gasteiger partial charge on any atom is 0.426 e. The number of aromatic nitrogens is 2. The van der Waals surface area contributed by atoms with Gasteiger partial charge in [-0.15, -0.1) is 0 Å². The third-order valence-electron chi connectivity index (χ3n) is 3.15. The fourth-order valence-corrected chi connectivity index (χ4v) is 2.05. The summed E-state index contributed by atoms with van der Waals surface area (Å²) in [5.41, 5.74) is 5.66. The number of nitrogens with one attached hydrogen (secondary N) is 2. The summed E-state index contributed by atoms with van der Waals surface area (Å²) in [5.74, 6) is 0.0317. The monoisotopic (exact) mass is 294 g/mol.